The van der Waals surface area contributed by atoms with Crippen LogP contribution in [0.3, 0.4) is 0 Å². The maximum atomic E-state index is 13.0. The average molecular weight is 413 g/mol. The SMILES string of the molecule is CN(C)C12C[C@@H](OC(=O)[C]3[CH][CH][CH][CH]3)C([C@H](c3ccccc3)C1)[C@H](c1ccccc1)C2. The first-order chi connectivity index (χ1) is 15.1. The van der Waals surface area contributed by atoms with Gasteiger partial charge in [-0.25, -0.2) is 0 Å². The normalized spacial score (nSPS) is 33.0. The number of hydrogen-bond donors (Lipinski definition) is 0. The van der Waals surface area contributed by atoms with Crippen LogP contribution in [0.1, 0.15) is 42.2 Å². The Morgan fingerprint density at radius 1 is 0.839 bits per heavy atom. The third-order valence-electron chi connectivity index (χ3n) is 7.70. The maximum absolute atomic E-state index is 13.0. The Hall–Kier alpha value is -2.13. The van der Waals surface area contributed by atoms with E-state index in [-0.39, 0.29) is 23.5 Å². The number of nitrogens with zero attached hydrogens (tertiary/aromatic N) is 1. The van der Waals surface area contributed by atoms with Crippen molar-refractivity contribution in [1.82, 2.24) is 4.90 Å². The predicted molar refractivity (Wildman–Crippen MR) is 122 cm³/mol. The van der Waals surface area contributed by atoms with Crippen LogP contribution in [0.2, 0.25) is 0 Å². The van der Waals surface area contributed by atoms with Crippen LogP contribution in [0.5, 0.6) is 0 Å². The van der Waals surface area contributed by atoms with Gasteiger partial charge in [-0.05, 0) is 75.6 Å². The van der Waals surface area contributed by atoms with Gasteiger partial charge in [0.15, 0.2) is 0 Å². The van der Waals surface area contributed by atoms with Crippen molar-refractivity contribution in [1.29, 1.82) is 0 Å². The lowest BCUT2D eigenvalue weighted by Gasteiger charge is -2.60. The maximum Gasteiger partial charge on any atom is 0.314 e. The minimum absolute atomic E-state index is 0.00668. The van der Waals surface area contributed by atoms with Crippen LogP contribution < -0.4 is 0 Å². The van der Waals surface area contributed by atoms with Gasteiger partial charge in [0.25, 0.3) is 0 Å². The average Bonchev–Trinajstić information content (AvgIpc) is 3.35. The molecule has 0 amide bonds. The van der Waals surface area contributed by atoms with Gasteiger partial charge in [0.1, 0.15) is 6.10 Å². The van der Waals surface area contributed by atoms with Crippen molar-refractivity contribution in [2.45, 2.75) is 42.7 Å². The molecule has 5 radical (unpaired) electrons. The van der Waals surface area contributed by atoms with Crippen LogP contribution in [-0.4, -0.2) is 36.6 Å². The molecule has 2 bridgehead atoms. The molecular formula is C28H30NO2. The summed E-state index contributed by atoms with van der Waals surface area (Å²) < 4.78 is 6.28. The molecule has 6 rings (SSSR count). The van der Waals surface area contributed by atoms with Gasteiger partial charge in [-0.2, -0.15) is 0 Å². The van der Waals surface area contributed by atoms with Crippen LogP contribution in [0.15, 0.2) is 60.7 Å². The van der Waals surface area contributed by atoms with E-state index in [0.717, 1.165) is 19.3 Å². The van der Waals surface area contributed by atoms with E-state index < -0.39 is 0 Å². The fraction of sp³-hybridized carbons (Fsp3) is 0.357. The molecule has 0 aromatic heterocycles. The highest BCUT2D eigenvalue weighted by molar-refractivity contribution is 5.91. The molecule has 4 fully saturated rings. The Balaban J connectivity index is 1.55. The number of benzene rings is 2. The molecule has 2 aromatic rings. The molecule has 3 heteroatoms. The standard InChI is InChI=1S/C28H30NO2/c1-29(2)28-17-23(20-11-5-3-6-12-20)26(24(18-28)21-13-7-4-8-14-21)25(19-28)31-27(30)22-15-9-10-16-22/h3-16,23-26H,17-19H2,1-2H3/t23-,24-,25+,26?,28?/m0/s1. The summed E-state index contributed by atoms with van der Waals surface area (Å²) in [6, 6.07) is 21.6. The van der Waals surface area contributed by atoms with Crippen molar-refractivity contribution in [3.63, 3.8) is 0 Å². The lowest BCUT2D eigenvalue weighted by molar-refractivity contribution is -0.164. The van der Waals surface area contributed by atoms with Gasteiger partial charge in [-0.1, -0.05) is 60.7 Å². The van der Waals surface area contributed by atoms with Crippen LogP contribution in [-0.2, 0) is 9.53 Å². The van der Waals surface area contributed by atoms with E-state index in [9.17, 15) is 4.79 Å². The van der Waals surface area contributed by atoms with Crippen LogP contribution in [0, 0.1) is 37.5 Å². The number of hydrogen-bond acceptors (Lipinski definition) is 3. The summed E-state index contributed by atoms with van der Waals surface area (Å²) in [6.07, 6.45) is 10.5. The minimum atomic E-state index is -0.199. The number of carbonyl (C=O) groups excluding carboxylic acids is 1. The molecule has 0 aliphatic heterocycles. The highest BCUT2D eigenvalue weighted by atomic mass is 16.5. The van der Waals surface area contributed by atoms with Crippen LogP contribution in [0.4, 0.5) is 0 Å². The van der Waals surface area contributed by atoms with E-state index in [4.69, 9.17) is 4.74 Å². The van der Waals surface area contributed by atoms with Gasteiger partial charge in [0, 0.05) is 17.9 Å². The summed E-state index contributed by atoms with van der Waals surface area (Å²) in [5, 5.41) is 0. The van der Waals surface area contributed by atoms with E-state index >= 15 is 0 Å². The zero-order chi connectivity index (χ0) is 21.4. The molecule has 0 heterocycles. The second-order valence-corrected chi connectivity index (χ2v) is 9.46. The molecule has 0 saturated heterocycles. The van der Waals surface area contributed by atoms with Crippen LogP contribution in [0.25, 0.3) is 0 Å². The number of esters is 1. The fourth-order valence-corrected chi connectivity index (χ4v) is 6.11. The van der Waals surface area contributed by atoms with E-state index in [1.807, 2.05) is 25.7 Å². The second kappa shape index (κ2) is 8.43. The van der Waals surface area contributed by atoms with Crippen molar-refractivity contribution in [3.05, 3.63) is 103 Å². The van der Waals surface area contributed by atoms with Crippen LogP contribution >= 0.6 is 0 Å². The molecule has 0 unspecified atom stereocenters. The Morgan fingerprint density at radius 2 is 1.35 bits per heavy atom. The topological polar surface area (TPSA) is 29.5 Å². The number of fused-ring (bicyclic) bond motifs is 3. The van der Waals surface area contributed by atoms with Gasteiger partial charge in [-0.3, -0.25) is 4.79 Å². The largest absolute Gasteiger partial charge is 0.461 e. The highest BCUT2D eigenvalue weighted by Crippen LogP contribution is 2.60. The summed E-state index contributed by atoms with van der Waals surface area (Å²) in [5.41, 5.74) is 2.72. The Labute approximate surface area is 186 Å². The van der Waals surface area contributed by atoms with E-state index in [0.29, 0.717) is 17.8 Å². The van der Waals surface area contributed by atoms with Gasteiger partial charge in [-0.15, -0.1) is 0 Å². The molecule has 4 saturated carbocycles. The Kier molecular flexibility index (Phi) is 5.64. The fourth-order valence-electron chi connectivity index (χ4n) is 6.11. The van der Waals surface area contributed by atoms with Gasteiger partial charge < -0.3 is 9.64 Å². The second-order valence-electron chi connectivity index (χ2n) is 9.46. The molecule has 3 atom stereocenters. The number of ether oxygens (including phenoxy) is 1. The zero-order valence-corrected chi connectivity index (χ0v) is 18.3. The molecule has 3 nitrogen and oxygen atoms in total. The summed E-state index contributed by atoms with van der Waals surface area (Å²) in [7, 11) is 4.37. The first kappa shape index (κ1) is 20.8. The Bertz CT molecular complexity index is 838. The Morgan fingerprint density at radius 3 is 1.84 bits per heavy atom. The monoisotopic (exact) mass is 412 g/mol. The predicted octanol–water partition coefficient (Wildman–Crippen LogP) is 4.99. The highest BCUT2D eigenvalue weighted by Gasteiger charge is 2.58. The van der Waals surface area contributed by atoms with E-state index in [1.165, 1.54) is 11.1 Å². The molecule has 159 valence electrons. The van der Waals surface area contributed by atoms with E-state index in [2.05, 4.69) is 79.7 Å². The lowest BCUT2D eigenvalue weighted by Crippen LogP contribution is -2.61. The van der Waals surface area contributed by atoms with Crippen molar-refractivity contribution in [2.75, 3.05) is 14.1 Å². The first-order valence-corrected chi connectivity index (χ1v) is 11.3. The molecule has 31 heavy (non-hydrogen) atoms. The molecule has 4 aliphatic carbocycles. The molecular weight excluding hydrogens is 382 g/mol. The third kappa shape index (κ3) is 3.82. The first-order valence-electron chi connectivity index (χ1n) is 11.3. The summed E-state index contributed by atoms with van der Waals surface area (Å²) in [5.74, 6) is 1.43. The molecule has 0 spiro atoms. The lowest BCUT2D eigenvalue weighted by atomic mass is 9.51. The van der Waals surface area contributed by atoms with Gasteiger partial charge in [0.2, 0.25) is 0 Å². The van der Waals surface area contributed by atoms with Crippen molar-refractivity contribution < 1.29 is 9.53 Å². The van der Waals surface area contributed by atoms with Crippen molar-refractivity contribution in [3.8, 4) is 0 Å². The summed E-state index contributed by atoms with van der Waals surface area (Å²) in [4.78, 5) is 15.4. The zero-order valence-electron chi connectivity index (χ0n) is 18.3. The minimum Gasteiger partial charge on any atom is -0.461 e. The van der Waals surface area contributed by atoms with E-state index in [1.54, 1.807) is 0 Å². The van der Waals surface area contributed by atoms with Crippen molar-refractivity contribution >= 4 is 5.97 Å². The smallest absolute Gasteiger partial charge is 0.314 e. The molecule has 2 aromatic carbocycles. The van der Waals surface area contributed by atoms with Gasteiger partial charge >= 0.3 is 5.97 Å². The van der Waals surface area contributed by atoms with Crippen molar-refractivity contribution in [2.24, 2.45) is 5.92 Å². The number of carbonyl (C=O) groups is 1. The molecule has 4 aliphatic rings. The number of rotatable bonds is 5. The quantitative estimate of drug-likeness (QED) is 0.649. The summed E-state index contributed by atoms with van der Waals surface area (Å²) in [6.45, 7) is 0. The van der Waals surface area contributed by atoms with Gasteiger partial charge in [0.05, 0.1) is 5.92 Å². The third-order valence-corrected chi connectivity index (χ3v) is 7.70. The summed E-state index contributed by atoms with van der Waals surface area (Å²) >= 11 is 0. The molecule has 0 N–H and O–H groups in total.